The maximum atomic E-state index is 13.2. The monoisotopic (exact) mass is 414 g/mol. The van der Waals surface area contributed by atoms with Crippen molar-refractivity contribution in [2.24, 2.45) is 0 Å². The highest BCUT2D eigenvalue weighted by Gasteiger charge is 2.35. The van der Waals surface area contributed by atoms with Crippen LogP contribution in [-0.2, 0) is 6.42 Å². The van der Waals surface area contributed by atoms with E-state index in [1.165, 1.54) is 23.5 Å². The van der Waals surface area contributed by atoms with Crippen LogP contribution in [0.5, 0.6) is 0 Å². The Morgan fingerprint density at radius 2 is 2.17 bits per heavy atom. The minimum Gasteiger partial charge on any atom is -0.443 e. The lowest BCUT2D eigenvalue weighted by Gasteiger charge is -2.21. The third-order valence-corrected chi connectivity index (χ3v) is 6.08. The minimum atomic E-state index is -0.261. The highest BCUT2D eigenvalue weighted by Crippen LogP contribution is 2.35. The normalized spacial score (nSPS) is 16.4. The van der Waals surface area contributed by atoms with Crippen LogP contribution in [0.4, 0.5) is 9.52 Å². The summed E-state index contributed by atoms with van der Waals surface area (Å²) in [4.78, 5) is 24.5. The smallest absolute Gasteiger partial charge is 0.266 e. The van der Waals surface area contributed by atoms with E-state index in [2.05, 4.69) is 15.3 Å². The molecule has 1 aliphatic heterocycles. The van der Waals surface area contributed by atoms with Crippen molar-refractivity contribution in [3.05, 3.63) is 64.1 Å². The molecule has 3 heterocycles. The molecule has 0 spiro atoms. The van der Waals surface area contributed by atoms with Gasteiger partial charge in [0.1, 0.15) is 22.5 Å². The summed E-state index contributed by atoms with van der Waals surface area (Å²) in [5.41, 5.74) is 1.69. The van der Waals surface area contributed by atoms with Crippen LogP contribution in [0.1, 0.15) is 58.4 Å². The third kappa shape index (κ3) is 4.17. The molecular formula is C21H23FN4O2S. The van der Waals surface area contributed by atoms with Crippen molar-refractivity contribution in [3.8, 4) is 0 Å². The number of benzene rings is 1. The van der Waals surface area contributed by atoms with Crippen LogP contribution < -0.4 is 5.32 Å². The standard InChI is InChI=1S/C21H23FN4O2S/c1-3-23-21-25-13(2)18(29-21)20(27)26-10-4-5-17(26)19-24-12-16(28-19)11-14-6-8-15(22)9-7-14/h6-9,12,17H,3-5,10-11H2,1-2H3,(H,23,25). The number of aromatic nitrogens is 2. The van der Waals surface area contributed by atoms with Crippen molar-refractivity contribution in [1.29, 1.82) is 0 Å². The van der Waals surface area contributed by atoms with Gasteiger partial charge in [-0.25, -0.2) is 14.4 Å². The maximum absolute atomic E-state index is 13.2. The number of oxazole rings is 1. The van der Waals surface area contributed by atoms with E-state index < -0.39 is 0 Å². The fourth-order valence-electron chi connectivity index (χ4n) is 3.58. The molecule has 0 saturated carbocycles. The summed E-state index contributed by atoms with van der Waals surface area (Å²) in [5.74, 6) is 0.976. The first-order valence-corrected chi connectivity index (χ1v) is 10.6. The molecule has 1 atom stereocenters. The van der Waals surface area contributed by atoms with Crippen LogP contribution in [-0.4, -0.2) is 33.9 Å². The highest BCUT2D eigenvalue weighted by molar-refractivity contribution is 7.17. The van der Waals surface area contributed by atoms with Crippen molar-refractivity contribution in [2.45, 2.75) is 39.2 Å². The van der Waals surface area contributed by atoms with Crippen LogP contribution in [0.15, 0.2) is 34.9 Å². The molecule has 1 aliphatic rings. The van der Waals surface area contributed by atoms with Gasteiger partial charge < -0.3 is 14.6 Å². The Bertz CT molecular complexity index is 999. The fourth-order valence-corrected chi connectivity index (χ4v) is 4.57. The average molecular weight is 415 g/mol. The van der Waals surface area contributed by atoms with Crippen molar-refractivity contribution >= 4 is 22.4 Å². The van der Waals surface area contributed by atoms with Gasteiger partial charge in [0.15, 0.2) is 5.13 Å². The highest BCUT2D eigenvalue weighted by atomic mass is 32.1. The van der Waals surface area contributed by atoms with Gasteiger partial charge in [0.05, 0.1) is 11.9 Å². The van der Waals surface area contributed by atoms with Gasteiger partial charge in [0.2, 0.25) is 5.89 Å². The van der Waals surface area contributed by atoms with Crippen LogP contribution >= 0.6 is 11.3 Å². The third-order valence-electron chi connectivity index (χ3n) is 4.98. The van der Waals surface area contributed by atoms with Gasteiger partial charge in [-0.2, -0.15) is 0 Å². The van der Waals surface area contributed by atoms with Crippen molar-refractivity contribution in [3.63, 3.8) is 0 Å². The van der Waals surface area contributed by atoms with Gasteiger partial charge in [0.25, 0.3) is 5.91 Å². The number of halogens is 1. The molecule has 0 aliphatic carbocycles. The SMILES string of the molecule is CCNc1nc(C)c(C(=O)N2CCCC2c2ncc(Cc3ccc(F)cc3)o2)s1. The molecule has 3 aromatic rings. The Hall–Kier alpha value is -2.74. The second-order valence-electron chi connectivity index (χ2n) is 7.09. The molecule has 1 saturated heterocycles. The Morgan fingerprint density at radius 1 is 1.38 bits per heavy atom. The first-order chi connectivity index (χ1) is 14.0. The van der Waals surface area contributed by atoms with Gasteiger partial charge in [-0.05, 0) is 44.4 Å². The summed E-state index contributed by atoms with van der Waals surface area (Å²) in [6, 6.07) is 6.16. The van der Waals surface area contributed by atoms with Crippen molar-refractivity contribution < 1.29 is 13.6 Å². The maximum Gasteiger partial charge on any atom is 0.266 e. The topological polar surface area (TPSA) is 71.3 Å². The fraction of sp³-hybridized carbons (Fsp3) is 0.381. The van der Waals surface area contributed by atoms with Crippen molar-refractivity contribution in [1.82, 2.24) is 14.9 Å². The molecule has 4 rings (SSSR count). The molecule has 2 aromatic heterocycles. The molecule has 1 unspecified atom stereocenters. The van der Waals surface area contributed by atoms with E-state index in [0.29, 0.717) is 29.5 Å². The molecule has 1 aromatic carbocycles. The lowest BCUT2D eigenvalue weighted by Crippen LogP contribution is -2.30. The summed E-state index contributed by atoms with van der Waals surface area (Å²) >= 11 is 1.39. The number of nitrogens with zero attached hydrogens (tertiary/aromatic N) is 3. The number of nitrogens with one attached hydrogen (secondary N) is 1. The number of hydrogen-bond acceptors (Lipinski definition) is 6. The number of anilines is 1. The van der Waals surface area contributed by atoms with Crippen LogP contribution in [0, 0.1) is 12.7 Å². The molecular weight excluding hydrogens is 391 g/mol. The molecule has 29 heavy (non-hydrogen) atoms. The molecule has 0 bridgehead atoms. The first kappa shape index (κ1) is 19.6. The molecule has 6 nitrogen and oxygen atoms in total. The number of carbonyl (C=O) groups excluding carboxylic acids is 1. The van der Waals surface area contributed by atoms with Gasteiger partial charge in [-0.3, -0.25) is 4.79 Å². The zero-order valence-corrected chi connectivity index (χ0v) is 17.3. The number of rotatable bonds is 6. The van der Waals surface area contributed by atoms with Crippen LogP contribution in [0.25, 0.3) is 0 Å². The second-order valence-corrected chi connectivity index (χ2v) is 8.09. The average Bonchev–Trinajstić information content (AvgIpc) is 3.43. The van der Waals surface area contributed by atoms with E-state index >= 15 is 0 Å². The Kier molecular flexibility index (Phi) is 5.62. The Morgan fingerprint density at radius 3 is 2.93 bits per heavy atom. The van der Waals surface area contributed by atoms with Gasteiger partial charge in [-0.15, -0.1) is 0 Å². The molecule has 1 N–H and O–H groups in total. The summed E-state index contributed by atoms with van der Waals surface area (Å²) in [7, 11) is 0. The van der Waals surface area contributed by atoms with E-state index in [1.807, 2.05) is 18.7 Å². The summed E-state index contributed by atoms with van der Waals surface area (Å²) in [5, 5.41) is 3.93. The second kappa shape index (κ2) is 8.32. The summed E-state index contributed by atoms with van der Waals surface area (Å²) < 4.78 is 19.1. The lowest BCUT2D eigenvalue weighted by atomic mass is 10.1. The molecule has 1 amide bonds. The Balaban J connectivity index is 1.50. The predicted molar refractivity (Wildman–Crippen MR) is 110 cm³/mol. The number of amides is 1. The van der Waals surface area contributed by atoms with E-state index in [-0.39, 0.29) is 17.8 Å². The first-order valence-electron chi connectivity index (χ1n) is 9.76. The van der Waals surface area contributed by atoms with Gasteiger partial charge in [0, 0.05) is 19.5 Å². The number of thiazole rings is 1. The lowest BCUT2D eigenvalue weighted by molar-refractivity contribution is 0.0718. The van der Waals surface area contributed by atoms with Gasteiger partial charge >= 0.3 is 0 Å². The summed E-state index contributed by atoms with van der Waals surface area (Å²) in [6.45, 7) is 5.30. The van der Waals surface area contributed by atoms with Crippen LogP contribution in [0.2, 0.25) is 0 Å². The van der Waals surface area contributed by atoms with Crippen LogP contribution in [0.3, 0.4) is 0 Å². The van der Waals surface area contributed by atoms with E-state index in [0.717, 1.165) is 35.8 Å². The number of carbonyl (C=O) groups is 1. The number of hydrogen-bond donors (Lipinski definition) is 1. The van der Waals surface area contributed by atoms with Gasteiger partial charge in [-0.1, -0.05) is 23.5 Å². The predicted octanol–water partition coefficient (Wildman–Crippen LogP) is 4.58. The number of likely N-dealkylation sites (tertiary alicyclic amines) is 1. The summed E-state index contributed by atoms with van der Waals surface area (Å²) in [6.07, 6.45) is 3.96. The molecule has 0 radical (unpaired) electrons. The Labute approximate surface area is 172 Å². The largest absolute Gasteiger partial charge is 0.443 e. The van der Waals surface area contributed by atoms with Crippen molar-refractivity contribution in [2.75, 3.05) is 18.4 Å². The van der Waals surface area contributed by atoms with E-state index in [1.54, 1.807) is 18.3 Å². The minimum absolute atomic E-state index is 0.0232. The number of aryl methyl sites for hydroxylation is 1. The zero-order chi connectivity index (χ0) is 20.4. The van der Waals surface area contributed by atoms with E-state index in [9.17, 15) is 9.18 Å². The molecule has 152 valence electrons. The van der Waals surface area contributed by atoms with E-state index in [4.69, 9.17) is 4.42 Å². The zero-order valence-electron chi connectivity index (χ0n) is 16.4. The molecule has 1 fully saturated rings. The quantitative estimate of drug-likeness (QED) is 0.639. The molecule has 8 heteroatoms.